The minimum atomic E-state index is -3.35. The molecule has 0 fully saturated rings. The lowest BCUT2D eigenvalue weighted by atomic mass is 9.95. The minimum absolute atomic E-state index is 0.0483. The number of hydroxylamine groups is 1. The van der Waals surface area contributed by atoms with Crippen LogP contribution in [0.25, 0.3) is 0 Å². The Hall–Kier alpha value is -2.94. The minimum Gasteiger partial charge on any atom is -0.381 e. The van der Waals surface area contributed by atoms with E-state index in [9.17, 15) is 23.5 Å². The largest absolute Gasteiger partial charge is 0.381 e. The van der Waals surface area contributed by atoms with Gasteiger partial charge < -0.3 is 10.4 Å². The Morgan fingerprint density at radius 2 is 1.64 bits per heavy atom. The summed E-state index contributed by atoms with van der Waals surface area (Å²) in [4.78, 5) is 23.8. The van der Waals surface area contributed by atoms with Crippen LogP contribution >= 0.6 is 0 Å². The molecule has 0 spiro atoms. The van der Waals surface area contributed by atoms with Crippen LogP contribution in [0.5, 0.6) is 0 Å². The molecule has 2 amide bonds. The zero-order chi connectivity index (χ0) is 21.5. The normalized spacial score (nSPS) is 13.9. The topological polar surface area (TPSA) is 98.7 Å². The van der Waals surface area contributed by atoms with Crippen molar-refractivity contribution in [2.45, 2.75) is 45.8 Å². The van der Waals surface area contributed by atoms with E-state index in [1.807, 2.05) is 26.1 Å². The van der Waals surface area contributed by atoms with Crippen LogP contribution in [0.2, 0.25) is 0 Å². The molecule has 6 nitrogen and oxygen atoms in total. The molecular weight excluding hydrogens is 370 g/mol. The number of benzene rings is 1. The monoisotopic (exact) mass is 392 g/mol. The maximum Gasteiger partial charge on any atom is 0.269 e. The maximum atomic E-state index is 13.0. The fourth-order valence-corrected chi connectivity index (χ4v) is 1.91. The fourth-order valence-electron chi connectivity index (χ4n) is 1.91. The molecule has 0 aliphatic heterocycles. The van der Waals surface area contributed by atoms with Crippen molar-refractivity contribution in [3.8, 4) is 23.7 Å². The highest BCUT2D eigenvalue weighted by Gasteiger charge is 2.46. The number of alkyl halides is 2. The summed E-state index contributed by atoms with van der Waals surface area (Å²) < 4.78 is 26.0. The van der Waals surface area contributed by atoms with Gasteiger partial charge in [-0.15, -0.1) is 0 Å². The van der Waals surface area contributed by atoms with E-state index in [-0.39, 0.29) is 11.0 Å². The van der Waals surface area contributed by atoms with Gasteiger partial charge in [-0.25, -0.2) is 14.3 Å². The standard InChI is InChI=1S/C20H22F2N2O4/c1-19(2,3)12-6-5-7-13-8-10-14(11-9-13)16(25)23-15(17(26)24-28)20(4,27)18(21)22/h8-11,15,18,27-28H,1-4H3,(H,23,25)(H,24,26)/t15-,20?/m1/s1. The van der Waals surface area contributed by atoms with E-state index in [0.717, 1.165) is 5.48 Å². The van der Waals surface area contributed by atoms with Crippen molar-refractivity contribution in [3.05, 3.63) is 35.4 Å². The number of nitrogens with one attached hydrogen (secondary N) is 2. The summed E-state index contributed by atoms with van der Waals surface area (Å²) in [6, 6.07) is 3.72. The predicted molar refractivity (Wildman–Crippen MR) is 98.4 cm³/mol. The van der Waals surface area contributed by atoms with Gasteiger partial charge in [-0.3, -0.25) is 14.8 Å². The lowest BCUT2D eigenvalue weighted by Crippen LogP contribution is -2.61. The first-order valence-corrected chi connectivity index (χ1v) is 8.27. The lowest BCUT2D eigenvalue weighted by Gasteiger charge is -2.30. The molecular formula is C20H22F2N2O4. The zero-order valence-electron chi connectivity index (χ0n) is 15.9. The van der Waals surface area contributed by atoms with E-state index < -0.39 is 29.9 Å². The van der Waals surface area contributed by atoms with Gasteiger partial charge in [0.1, 0.15) is 6.04 Å². The van der Waals surface area contributed by atoms with Crippen molar-refractivity contribution in [1.29, 1.82) is 0 Å². The number of carbonyl (C=O) groups excluding carboxylic acids is 2. The third-order valence-electron chi connectivity index (χ3n) is 3.53. The second kappa shape index (κ2) is 9.32. The Balaban J connectivity index is 2.96. The third kappa shape index (κ3) is 6.66. The van der Waals surface area contributed by atoms with Gasteiger partial charge in [0.15, 0.2) is 5.60 Å². The number of rotatable bonds is 5. The molecule has 2 atom stereocenters. The van der Waals surface area contributed by atoms with E-state index in [0.29, 0.717) is 12.5 Å². The molecule has 8 heteroatoms. The van der Waals surface area contributed by atoms with Crippen LogP contribution in [-0.4, -0.2) is 40.2 Å². The number of amides is 2. The SMILES string of the molecule is CC(C)(C)C#CC#Cc1ccc(C(=O)N[C@H](C(=O)NO)C(C)(O)C(F)F)cc1. The van der Waals surface area contributed by atoms with Crippen LogP contribution in [0.1, 0.15) is 43.6 Å². The number of halogens is 2. The Labute approximate surface area is 162 Å². The van der Waals surface area contributed by atoms with Gasteiger partial charge in [0.05, 0.1) is 0 Å². The van der Waals surface area contributed by atoms with Gasteiger partial charge in [0.25, 0.3) is 18.2 Å². The molecule has 1 aromatic carbocycles. The zero-order valence-corrected chi connectivity index (χ0v) is 15.9. The summed E-state index contributed by atoms with van der Waals surface area (Å²) in [6.07, 6.45) is -3.35. The summed E-state index contributed by atoms with van der Waals surface area (Å²) in [5, 5.41) is 20.5. The van der Waals surface area contributed by atoms with Gasteiger partial charge in [0, 0.05) is 16.5 Å². The van der Waals surface area contributed by atoms with Crippen molar-refractivity contribution < 1.29 is 28.7 Å². The fraction of sp³-hybridized carbons (Fsp3) is 0.400. The van der Waals surface area contributed by atoms with Crippen LogP contribution in [-0.2, 0) is 4.79 Å². The van der Waals surface area contributed by atoms with Crippen LogP contribution in [0.15, 0.2) is 24.3 Å². The van der Waals surface area contributed by atoms with Crippen molar-refractivity contribution in [1.82, 2.24) is 10.8 Å². The summed E-state index contributed by atoms with van der Waals surface area (Å²) >= 11 is 0. The average molecular weight is 392 g/mol. The first-order chi connectivity index (χ1) is 12.9. The van der Waals surface area contributed by atoms with Crippen molar-refractivity contribution in [2.24, 2.45) is 5.41 Å². The Morgan fingerprint density at radius 1 is 1.07 bits per heavy atom. The average Bonchev–Trinajstić information content (AvgIpc) is 2.61. The lowest BCUT2D eigenvalue weighted by molar-refractivity contribution is -0.149. The van der Waals surface area contributed by atoms with Crippen LogP contribution in [0, 0.1) is 29.1 Å². The van der Waals surface area contributed by atoms with Crippen LogP contribution in [0.3, 0.4) is 0 Å². The van der Waals surface area contributed by atoms with E-state index in [4.69, 9.17) is 5.21 Å². The van der Waals surface area contributed by atoms with Crippen molar-refractivity contribution >= 4 is 11.8 Å². The molecule has 4 N–H and O–H groups in total. The molecule has 0 aliphatic carbocycles. The maximum absolute atomic E-state index is 13.0. The van der Waals surface area contributed by atoms with Gasteiger partial charge in [-0.2, -0.15) is 0 Å². The van der Waals surface area contributed by atoms with E-state index in [1.165, 1.54) is 24.3 Å². The molecule has 0 aliphatic rings. The van der Waals surface area contributed by atoms with Gasteiger partial charge in [0.2, 0.25) is 0 Å². The van der Waals surface area contributed by atoms with Crippen LogP contribution < -0.4 is 10.8 Å². The molecule has 0 heterocycles. The second-order valence-corrected chi connectivity index (χ2v) is 7.24. The highest BCUT2D eigenvalue weighted by molar-refractivity contribution is 5.97. The summed E-state index contributed by atoms with van der Waals surface area (Å²) in [7, 11) is 0. The molecule has 150 valence electrons. The summed E-state index contributed by atoms with van der Waals surface area (Å²) in [5.41, 5.74) is -1.29. The molecule has 28 heavy (non-hydrogen) atoms. The molecule has 1 rings (SSSR count). The summed E-state index contributed by atoms with van der Waals surface area (Å²) in [6.45, 7) is 6.52. The molecule has 0 saturated heterocycles. The Bertz CT molecular complexity index is 835. The van der Waals surface area contributed by atoms with E-state index >= 15 is 0 Å². The summed E-state index contributed by atoms with van der Waals surface area (Å²) in [5.74, 6) is 8.90. The second-order valence-electron chi connectivity index (χ2n) is 7.24. The Kier molecular flexibility index (Phi) is 7.69. The first kappa shape index (κ1) is 23.1. The predicted octanol–water partition coefficient (Wildman–Crippen LogP) is 1.71. The van der Waals surface area contributed by atoms with Gasteiger partial charge >= 0.3 is 0 Å². The van der Waals surface area contributed by atoms with E-state index in [2.05, 4.69) is 23.7 Å². The van der Waals surface area contributed by atoms with Crippen molar-refractivity contribution in [2.75, 3.05) is 0 Å². The molecule has 0 bridgehead atoms. The molecule has 0 radical (unpaired) electrons. The highest BCUT2D eigenvalue weighted by Crippen LogP contribution is 2.20. The van der Waals surface area contributed by atoms with Crippen LogP contribution in [0.4, 0.5) is 8.78 Å². The molecule has 1 aromatic rings. The number of aliphatic hydroxyl groups is 1. The van der Waals surface area contributed by atoms with Gasteiger partial charge in [-0.1, -0.05) is 11.8 Å². The smallest absolute Gasteiger partial charge is 0.269 e. The first-order valence-electron chi connectivity index (χ1n) is 8.27. The number of hydrogen-bond donors (Lipinski definition) is 4. The quantitative estimate of drug-likeness (QED) is 0.348. The number of hydrogen-bond acceptors (Lipinski definition) is 4. The van der Waals surface area contributed by atoms with Crippen molar-refractivity contribution in [3.63, 3.8) is 0 Å². The Morgan fingerprint density at radius 3 is 2.11 bits per heavy atom. The molecule has 0 saturated carbocycles. The van der Waals surface area contributed by atoms with Gasteiger partial charge in [-0.05, 0) is 63.8 Å². The molecule has 0 aromatic heterocycles. The van der Waals surface area contributed by atoms with E-state index in [1.54, 1.807) is 0 Å². The molecule has 1 unspecified atom stereocenters. The highest BCUT2D eigenvalue weighted by atomic mass is 19.3. The third-order valence-corrected chi connectivity index (χ3v) is 3.53. The number of carbonyl (C=O) groups is 2.